The topological polar surface area (TPSA) is 20.9 Å². The number of halogens is 1. The summed E-state index contributed by atoms with van der Waals surface area (Å²) < 4.78 is 1.87. The fraction of sp³-hybridized carbons (Fsp3) is 0.0769. The summed E-state index contributed by atoms with van der Waals surface area (Å²) in [7, 11) is 0. The van der Waals surface area contributed by atoms with Crippen LogP contribution in [-0.2, 0) is 6.54 Å². The van der Waals surface area contributed by atoms with Crippen LogP contribution in [0.25, 0.3) is 0 Å². The molecule has 1 aromatic heterocycles. The van der Waals surface area contributed by atoms with E-state index in [4.69, 9.17) is 0 Å². The first kappa shape index (κ1) is 12.6. The molecule has 0 aliphatic heterocycles. The SMILES string of the molecule is O=C(C[n+]1ccccc1)c1ccccc1.[Br-]. The number of hydrogen-bond acceptors (Lipinski definition) is 1. The molecule has 16 heavy (non-hydrogen) atoms. The van der Waals surface area contributed by atoms with Crippen molar-refractivity contribution >= 4 is 5.78 Å². The number of benzene rings is 1. The highest BCUT2D eigenvalue weighted by molar-refractivity contribution is 5.94. The summed E-state index contributed by atoms with van der Waals surface area (Å²) in [5.41, 5.74) is 0.758. The molecule has 82 valence electrons. The van der Waals surface area contributed by atoms with Crippen LogP contribution < -0.4 is 21.5 Å². The van der Waals surface area contributed by atoms with Gasteiger partial charge in [0.05, 0.1) is 0 Å². The zero-order valence-corrected chi connectivity index (χ0v) is 10.3. The van der Waals surface area contributed by atoms with E-state index in [-0.39, 0.29) is 22.8 Å². The summed E-state index contributed by atoms with van der Waals surface area (Å²) in [6.45, 7) is 0.394. The second kappa shape index (κ2) is 6.18. The molecule has 0 unspecified atom stereocenters. The number of carbonyl (C=O) groups is 1. The van der Waals surface area contributed by atoms with E-state index in [9.17, 15) is 4.79 Å². The van der Waals surface area contributed by atoms with Crippen LogP contribution in [0.1, 0.15) is 10.4 Å². The number of pyridine rings is 1. The molecule has 0 saturated heterocycles. The molecule has 0 saturated carbocycles. The molecule has 0 radical (unpaired) electrons. The Morgan fingerprint density at radius 2 is 1.50 bits per heavy atom. The van der Waals surface area contributed by atoms with Crippen molar-refractivity contribution in [3.05, 3.63) is 66.5 Å². The van der Waals surface area contributed by atoms with Crippen LogP contribution >= 0.6 is 0 Å². The quantitative estimate of drug-likeness (QED) is 0.514. The molecule has 0 bridgehead atoms. The molecule has 2 aromatic rings. The summed E-state index contributed by atoms with van der Waals surface area (Å²) in [6.07, 6.45) is 3.78. The van der Waals surface area contributed by atoms with Crippen LogP contribution in [0.2, 0.25) is 0 Å². The van der Waals surface area contributed by atoms with Crippen molar-refractivity contribution in [1.82, 2.24) is 0 Å². The Kier molecular flexibility index (Phi) is 4.86. The first-order chi connectivity index (χ1) is 7.36. The molecular weight excluding hydrogens is 266 g/mol. The van der Waals surface area contributed by atoms with Crippen molar-refractivity contribution in [3.63, 3.8) is 0 Å². The number of Topliss-reactive ketones (excluding diaryl/α,β-unsaturated/α-hetero) is 1. The molecule has 0 N–H and O–H groups in total. The van der Waals surface area contributed by atoms with Gasteiger partial charge in [-0.05, 0) is 0 Å². The first-order valence-electron chi connectivity index (χ1n) is 4.88. The van der Waals surface area contributed by atoms with E-state index < -0.39 is 0 Å². The first-order valence-corrected chi connectivity index (χ1v) is 4.88. The van der Waals surface area contributed by atoms with E-state index >= 15 is 0 Å². The fourth-order valence-electron chi connectivity index (χ4n) is 1.42. The third kappa shape index (κ3) is 3.28. The Morgan fingerprint density at radius 1 is 0.938 bits per heavy atom. The van der Waals surface area contributed by atoms with Crippen LogP contribution in [-0.4, -0.2) is 5.78 Å². The molecule has 0 aliphatic rings. The Bertz CT molecular complexity index is 442. The third-order valence-corrected chi connectivity index (χ3v) is 2.20. The van der Waals surface area contributed by atoms with Crippen molar-refractivity contribution in [3.8, 4) is 0 Å². The Hall–Kier alpha value is -1.48. The van der Waals surface area contributed by atoms with Crippen LogP contribution in [0.15, 0.2) is 60.9 Å². The molecule has 0 spiro atoms. The van der Waals surface area contributed by atoms with Crippen molar-refractivity contribution in [2.45, 2.75) is 6.54 Å². The van der Waals surface area contributed by atoms with Crippen molar-refractivity contribution in [2.75, 3.05) is 0 Å². The van der Waals surface area contributed by atoms with Gasteiger partial charge >= 0.3 is 0 Å². The fourth-order valence-corrected chi connectivity index (χ4v) is 1.42. The molecule has 1 aromatic carbocycles. The van der Waals surface area contributed by atoms with Crippen LogP contribution in [0.5, 0.6) is 0 Å². The van der Waals surface area contributed by atoms with E-state index in [1.165, 1.54) is 0 Å². The summed E-state index contributed by atoms with van der Waals surface area (Å²) in [5.74, 6) is 0.131. The van der Waals surface area contributed by atoms with Gasteiger partial charge in [0.25, 0.3) is 0 Å². The lowest BCUT2D eigenvalue weighted by Crippen LogP contribution is -3.00. The lowest BCUT2D eigenvalue weighted by atomic mass is 10.1. The molecule has 0 atom stereocenters. The number of nitrogens with zero attached hydrogens (tertiary/aromatic N) is 1. The molecule has 2 nitrogen and oxygen atoms in total. The highest BCUT2D eigenvalue weighted by Gasteiger charge is 2.10. The Balaban J connectivity index is 0.00000128. The van der Waals surface area contributed by atoms with E-state index in [0.717, 1.165) is 5.56 Å². The van der Waals surface area contributed by atoms with Crippen molar-refractivity contribution < 1.29 is 26.3 Å². The lowest BCUT2D eigenvalue weighted by Gasteiger charge is -1.96. The molecule has 2 rings (SSSR count). The highest BCUT2D eigenvalue weighted by atomic mass is 79.9. The summed E-state index contributed by atoms with van der Waals surface area (Å²) in [6, 6.07) is 15.1. The smallest absolute Gasteiger partial charge is 0.227 e. The minimum atomic E-state index is 0. The number of carbonyl (C=O) groups excluding carboxylic acids is 1. The van der Waals surface area contributed by atoms with Crippen LogP contribution in [0.3, 0.4) is 0 Å². The van der Waals surface area contributed by atoms with Gasteiger partial charge in [-0.15, -0.1) is 0 Å². The number of aromatic nitrogens is 1. The summed E-state index contributed by atoms with van der Waals surface area (Å²) in [4.78, 5) is 11.8. The van der Waals surface area contributed by atoms with Crippen LogP contribution in [0.4, 0.5) is 0 Å². The second-order valence-corrected chi connectivity index (χ2v) is 3.34. The molecule has 0 aliphatic carbocycles. The molecule has 3 heteroatoms. The Morgan fingerprint density at radius 3 is 2.12 bits per heavy atom. The van der Waals surface area contributed by atoms with Crippen molar-refractivity contribution in [2.24, 2.45) is 0 Å². The largest absolute Gasteiger partial charge is 1.00 e. The number of rotatable bonds is 3. The maximum absolute atomic E-state index is 11.8. The zero-order valence-electron chi connectivity index (χ0n) is 8.71. The number of ketones is 1. The molecule has 0 fully saturated rings. The van der Waals surface area contributed by atoms with Gasteiger partial charge in [0.1, 0.15) is 0 Å². The van der Waals surface area contributed by atoms with Gasteiger partial charge in [0.15, 0.2) is 12.4 Å². The average Bonchev–Trinajstić information content (AvgIpc) is 2.31. The summed E-state index contributed by atoms with van der Waals surface area (Å²) in [5, 5.41) is 0. The minimum Gasteiger partial charge on any atom is -1.00 e. The van der Waals surface area contributed by atoms with Crippen LogP contribution in [0, 0.1) is 0 Å². The predicted molar refractivity (Wildman–Crippen MR) is 57.4 cm³/mol. The maximum Gasteiger partial charge on any atom is 0.227 e. The summed E-state index contributed by atoms with van der Waals surface area (Å²) >= 11 is 0. The van der Waals surface area contributed by atoms with E-state index in [0.29, 0.717) is 6.54 Å². The third-order valence-electron chi connectivity index (χ3n) is 2.20. The second-order valence-electron chi connectivity index (χ2n) is 3.34. The van der Waals surface area contributed by atoms with Gasteiger partial charge in [0, 0.05) is 17.7 Å². The normalized spacial score (nSPS) is 9.25. The molecule has 1 heterocycles. The van der Waals surface area contributed by atoms with Gasteiger partial charge in [-0.1, -0.05) is 36.4 Å². The zero-order chi connectivity index (χ0) is 10.5. The standard InChI is InChI=1S/C13H12NO.BrH/c15-13(12-7-3-1-4-8-12)11-14-9-5-2-6-10-14;/h1-10H,11H2;1H/q+1;/p-1. The predicted octanol–water partition coefficient (Wildman–Crippen LogP) is -1.14. The molecular formula is C13H12BrNO. The van der Waals surface area contributed by atoms with E-state index in [1.807, 2.05) is 65.5 Å². The van der Waals surface area contributed by atoms with Gasteiger partial charge in [-0.25, -0.2) is 0 Å². The molecule has 0 amide bonds. The van der Waals surface area contributed by atoms with Gasteiger partial charge in [-0.2, -0.15) is 4.57 Å². The minimum absolute atomic E-state index is 0. The van der Waals surface area contributed by atoms with E-state index in [2.05, 4.69) is 0 Å². The van der Waals surface area contributed by atoms with Crippen molar-refractivity contribution in [1.29, 1.82) is 0 Å². The highest BCUT2D eigenvalue weighted by Crippen LogP contribution is 1.99. The van der Waals surface area contributed by atoms with Gasteiger partial charge < -0.3 is 17.0 Å². The van der Waals surface area contributed by atoms with E-state index in [1.54, 1.807) is 0 Å². The average molecular weight is 278 g/mol. The van der Waals surface area contributed by atoms with Gasteiger partial charge in [-0.3, -0.25) is 4.79 Å². The monoisotopic (exact) mass is 277 g/mol. The van der Waals surface area contributed by atoms with Gasteiger partial charge in [0.2, 0.25) is 12.3 Å². The Labute approximate surface area is 105 Å². The number of hydrogen-bond donors (Lipinski definition) is 0. The lowest BCUT2D eigenvalue weighted by molar-refractivity contribution is -0.683. The maximum atomic E-state index is 11.8.